The van der Waals surface area contributed by atoms with E-state index in [0.29, 0.717) is 12.0 Å². The van der Waals surface area contributed by atoms with Crippen LogP contribution < -0.4 is 0 Å². The van der Waals surface area contributed by atoms with Crippen molar-refractivity contribution in [3.05, 3.63) is 70.0 Å². The van der Waals surface area contributed by atoms with Crippen molar-refractivity contribution in [2.24, 2.45) is 5.92 Å². The Kier molecular flexibility index (Phi) is 4.27. The summed E-state index contributed by atoms with van der Waals surface area (Å²) in [6.45, 7) is 0. The molecule has 0 fully saturated rings. The van der Waals surface area contributed by atoms with Crippen molar-refractivity contribution in [3.63, 3.8) is 0 Å². The van der Waals surface area contributed by atoms with Gasteiger partial charge in [-0.05, 0) is 47.9 Å². The summed E-state index contributed by atoms with van der Waals surface area (Å²) in [5.41, 5.74) is 3.38. The van der Waals surface area contributed by atoms with Gasteiger partial charge in [-0.15, -0.1) is 0 Å². The Morgan fingerprint density at radius 2 is 1.90 bits per heavy atom. The number of aliphatic hydroxyl groups excluding tert-OH is 1. The fraction of sp³-hybridized carbons (Fsp3) is 0.333. The number of halogens is 2. The number of fused-ring (bicyclic) bond motifs is 1. The molecule has 0 amide bonds. The SMILES string of the molecule is OC(Cc1cccc(F)c1Cl)C1CCc2ccccc2C1. The minimum Gasteiger partial charge on any atom is -0.392 e. The Labute approximate surface area is 129 Å². The zero-order chi connectivity index (χ0) is 14.8. The highest BCUT2D eigenvalue weighted by Crippen LogP contribution is 2.30. The zero-order valence-electron chi connectivity index (χ0n) is 11.7. The van der Waals surface area contributed by atoms with Gasteiger partial charge >= 0.3 is 0 Å². The monoisotopic (exact) mass is 304 g/mol. The van der Waals surface area contributed by atoms with Gasteiger partial charge in [0.1, 0.15) is 5.82 Å². The molecule has 1 N–H and O–H groups in total. The van der Waals surface area contributed by atoms with Crippen molar-refractivity contribution in [1.82, 2.24) is 0 Å². The van der Waals surface area contributed by atoms with E-state index in [-0.39, 0.29) is 10.9 Å². The van der Waals surface area contributed by atoms with Crippen LogP contribution in [0, 0.1) is 11.7 Å². The number of benzene rings is 2. The van der Waals surface area contributed by atoms with Crippen LogP contribution in [-0.2, 0) is 19.3 Å². The molecule has 1 nitrogen and oxygen atoms in total. The molecule has 0 aliphatic heterocycles. The van der Waals surface area contributed by atoms with E-state index >= 15 is 0 Å². The van der Waals surface area contributed by atoms with Gasteiger partial charge in [0.2, 0.25) is 0 Å². The maximum Gasteiger partial charge on any atom is 0.142 e. The van der Waals surface area contributed by atoms with E-state index in [1.165, 1.54) is 17.2 Å². The van der Waals surface area contributed by atoms with Crippen LogP contribution in [0.25, 0.3) is 0 Å². The van der Waals surface area contributed by atoms with Crippen LogP contribution in [0.15, 0.2) is 42.5 Å². The van der Waals surface area contributed by atoms with Gasteiger partial charge in [0.15, 0.2) is 0 Å². The van der Waals surface area contributed by atoms with Crippen LogP contribution in [-0.4, -0.2) is 11.2 Å². The van der Waals surface area contributed by atoms with Gasteiger partial charge in [0.05, 0.1) is 11.1 Å². The van der Waals surface area contributed by atoms with Crippen LogP contribution in [0.1, 0.15) is 23.1 Å². The summed E-state index contributed by atoms with van der Waals surface area (Å²) >= 11 is 5.97. The lowest BCUT2D eigenvalue weighted by atomic mass is 9.79. The van der Waals surface area contributed by atoms with E-state index in [2.05, 4.69) is 18.2 Å². The number of hydrogen-bond donors (Lipinski definition) is 1. The lowest BCUT2D eigenvalue weighted by Gasteiger charge is -2.28. The van der Waals surface area contributed by atoms with Crippen LogP contribution in [0.4, 0.5) is 4.39 Å². The summed E-state index contributed by atoms with van der Waals surface area (Å²) in [7, 11) is 0. The molecule has 0 heterocycles. The molecule has 0 spiro atoms. The number of hydrogen-bond acceptors (Lipinski definition) is 1. The second-order valence-corrected chi connectivity index (χ2v) is 6.13. The molecule has 2 atom stereocenters. The summed E-state index contributed by atoms with van der Waals surface area (Å²) in [6.07, 6.45) is 2.76. The van der Waals surface area contributed by atoms with Crippen LogP contribution >= 0.6 is 11.6 Å². The number of aryl methyl sites for hydroxylation is 1. The first-order chi connectivity index (χ1) is 10.1. The van der Waals surface area contributed by atoms with Crippen molar-refractivity contribution in [2.75, 3.05) is 0 Å². The number of aliphatic hydroxyl groups is 1. The van der Waals surface area contributed by atoms with E-state index in [1.807, 2.05) is 6.07 Å². The van der Waals surface area contributed by atoms with Crippen molar-refractivity contribution >= 4 is 11.6 Å². The van der Waals surface area contributed by atoms with Crippen molar-refractivity contribution in [2.45, 2.75) is 31.8 Å². The van der Waals surface area contributed by atoms with Crippen LogP contribution in [0.2, 0.25) is 5.02 Å². The Morgan fingerprint density at radius 1 is 1.14 bits per heavy atom. The van der Waals surface area contributed by atoms with Gasteiger partial charge < -0.3 is 5.11 Å². The van der Waals surface area contributed by atoms with Crippen LogP contribution in [0.3, 0.4) is 0 Å². The quantitative estimate of drug-likeness (QED) is 0.901. The molecule has 0 saturated carbocycles. The first-order valence-corrected chi connectivity index (χ1v) is 7.70. The molecule has 0 saturated heterocycles. The third kappa shape index (κ3) is 3.12. The highest BCUT2D eigenvalue weighted by molar-refractivity contribution is 6.31. The van der Waals surface area contributed by atoms with E-state index in [4.69, 9.17) is 11.6 Å². The zero-order valence-corrected chi connectivity index (χ0v) is 12.5. The minimum atomic E-state index is -0.488. The molecule has 2 aromatic rings. The van der Waals surface area contributed by atoms with Gasteiger partial charge in [0, 0.05) is 6.42 Å². The molecule has 110 valence electrons. The first-order valence-electron chi connectivity index (χ1n) is 7.33. The van der Waals surface area contributed by atoms with E-state index in [1.54, 1.807) is 12.1 Å². The van der Waals surface area contributed by atoms with Gasteiger partial charge in [0.25, 0.3) is 0 Å². The molecular formula is C18H18ClFO. The highest BCUT2D eigenvalue weighted by atomic mass is 35.5. The normalized spacial score (nSPS) is 19.1. The van der Waals surface area contributed by atoms with Crippen LogP contribution in [0.5, 0.6) is 0 Å². The van der Waals surface area contributed by atoms with Gasteiger partial charge in [-0.3, -0.25) is 0 Å². The Hall–Kier alpha value is -1.38. The predicted octanol–water partition coefficient (Wildman–Crippen LogP) is 4.19. The van der Waals surface area contributed by atoms with Crippen molar-refractivity contribution in [1.29, 1.82) is 0 Å². The highest BCUT2D eigenvalue weighted by Gasteiger charge is 2.25. The molecule has 2 unspecified atom stereocenters. The molecule has 3 rings (SSSR count). The van der Waals surface area contributed by atoms with E-state index in [0.717, 1.165) is 19.3 Å². The summed E-state index contributed by atoms with van der Waals surface area (Å²) < 4.78 is 13.5. The van der Waals surface area contributed by atoms with E-state index < -0.39 is 11.9 Å². The average Bonchev–Trinajstić information content (AvgIpc) is 2.51. The Balaban J connectivity index is 1.72. The summed E-state index contributed by atoms with van der Waals surface area (Å²) in [5, 5.41) is 10.6. The molecule has 0 radical (unpaired) electrons. The smallest absolute Gasteiger partial charge is 0.142 e. The van der Waals surface area contributed by atoms with E-state index in [9.17, 15) is 9.50 Å². The minimum absolute atomic E-state index is 0.132. The third-order valence-corrected chi connectivity index (χ3v) is 4.81. The second-order valence-electron chi connectivity index (χ2n) is 5.76. The third-order valence-electron chi connectivity index (χ3n) is 4.39. The lowest BCUT2D eigenvalue weighted by molar-refractivity contribution is 0.0992. The summed E-state index contributed by atoms with van der Waals surface area (Å²) in [5.74, 6) is -0.213. The maximum atomic E-state index is 13.5. The average molecular weight is 305 g/mol. The second kappa shape index (κ2) is 6.17. The Bertz CT molecular complexity index is 641. The maximum absolute atomic E-state index is 13.5. The summed E-state index contributed by atoms with van der Waals surface area (Å²) in [6, 6.07) is 13.1. The largest absolute Gasteiger partial charge is 0.392 e. The molecule has 2 aromatic carbocycles. The Morgan fingerprint density at radius 3 is 2.71 bits per heavy atom. The summed E-state index contributed by atoms with van der Waals surface area (Å²) in [4.78, 5) is 0. The molecule has 0 aromatic heterocycles. The molecule has 3 heteroatoms. The first kappa shape index (κ1) is 14.6. The fourth-order valence-electron chi connectivity index (χ4n) is 3.15. The fourth-order valence-corrected chi connectivity index (χ4v) is 3.36. The van der Waals surface area contributed by atoms with Gasteiger partial charge in [-0.25, -0.2) is 4.39 Å². The molecule has 21 heavy (non-hydrogen) atoms. The lowest BCUT2D eigenvalue weighted by Crippen LogP contribution is -2.28. The van der Waals surface area contributed by atoms with Gasteiger partial charge in [-0.1, -0.05) is 48.0 Å². The van der Waals surface area contributed by atoms with Gasteiger partial charge in [-0.2, -0.15) is 0 Å². The topological polar surface area (TPSA) is 20.2 Å². The number of rotatable bonds is 3. The van der Waals surface area contributed by atoms with Crippen molar-refractivity contribution in [3.8, 4) is 0 Å². The molecule has 1 aliphatic carbocycles. The molecular weight excluding hydrogens is 287 g/mol. The molecule has 0 bridgehead atoms. The standard InChI is InChI=1S/C18H18ClFO/c19-18-15(6-3-7-16(18)20)11-17(21)14-9-8-12-4-1-2-5-13(12)10-14/h1-7,14,17,21H,8-11H2. The molecule has 1 aliphatic rings. The van der Waals surface area contributed by atoms with Crippen molar-refractivity contribution < 1.29 is 9.50 Å². The predicted molar refractivity (Wildman–Crippen MR) is 83.1 cm³/mol.